The zero-order valence-corrected chi connectivity index (χ0v) is 18.2. The lowest BCUT2D eigenvalue weighted by Gasteiger charge is -2.17. The molecule has 162 valence electrons. The van der Waals surface area contributed by atoms with Crippen molar-refractivity contribution in [3.63, 3.8) is 0 Å². The number of benzene rings is 3. The number of carbonyl (C=O) groups excluding carboxylic acids is 1. The van der Waals surface area contributed by atoms with Crippen LogP contribution in [0, 0.1) is 10.2 Å². The fraction of sp³-hybridized carbons (Fsp3) is 0. The highest BCUT2D eigenvalue weighted by atomic mass is 35.7. The van der Waals surface area contributed by atoms with Crippen molar-refractivity contribution in [2.75, 3.05) is 5.32 Å². The molecular weight excluding hydrogens is 450 g/mol. The molecule has 0 aliphatic rings. The molecular formula is C24H18ClNO5S. The summed E-state index contributed by atoms with van der Waals surface area (Å²) in [6.45, 7) is 0. The lowest BCUT2D eigenvalue weighted by molar-refractivity contribution is -2.00. The predicted molar refractivity (Wildman–Crippen MR) is 114 cm³/mol. The average molecular weight is 468 g/mol. The summed E-state index contributed by atoms with van der Waals surface area (Å²) in [5.74, 6) is -0.108. The van der Waals surface area contributed by atoms with Crippen molar-refractivity contribution >= 4 is 22.9 Å². The van der Waals surface area contributed by atoms with Crippen LogP contribution in [0.4, 0.5) is 5.69 Å². The first kappa shape index (κ1) is 23.5. The number of carbonyl (C=O) groups is 1. The summed E-state index contributed by atoms with van der Waals surface area (Å²) in [7, 11) is -4.94. The molecule has 0 atom stereocenters. The second-order valence-electron chi connectivity index (χ2n) is 6.50. The molecule has 1 N–H and O–H groups in total. The molecule has 3 aromatic carbocycles. The number of halogens is 1. The molecule has 0 bridgehead atoms. The molecule has 0 unspecified atom stereocenters. The van der Waals surface area contributed by atoms with E-state index in [1.807, 2.05) is 78.9 Å². The molecule has 0 aliphatic heterocycles. The third-order valence-electron chi connectivity index (χ3n) is 4.20. The maximum atomic E-state index is 12.9. The van der Waals surface area contributed by atoms with Crippen LogP contribution in [0.25, 0.3) is 20.9 Å². The number of para-hydroxylation sites is 1. The first-order chi connectivity index (χ1) is 15.3. The zero-order valence-electron chi connectivity index (χ0n) is 16.6. The smallest absolute Gasteiger partial charge is 0.256 e. The number of hydrogen-bond acceptors (Lipinski definition) is 5. The van der Waals surface area contributed by atoms with E-state index in [-0.39, 0.29) is 5.91 Å². The molecule has 32 heavy (non-hydrogen) atoms. The summed E-state index contributed by atoms with van der Waals surface area (Å²) >= 11 is 1.69. The molecule has 0 saturated carbocycles. The van der Waals surface area contributed by atoms with E-state index in [0.29, 0.717) is 5.56 Å². The molecule has 6 nitrogen and oxygen atoms in total. The van der Waals surface area contributed by atoms with Crippen molar-refractivity contribution < 1.29 is 33.7 Å². The maximum Gasteiger partial charge on any atom is 0.256 e. The van der Waals surface area contributed by atoms with Gasteiger partial charge in [-0.1, -0.05) is 54.6 Å². The van der Waals surface area contributed by atoms with E-state index in [4.69, 9.17) is 18.6 Å². The normalized spacial score (nSPS) is 10.6. The van der Waals surface area contributed by atoms with Crippen LogP contribution in [-0.4, -0.2) is 5.91 Å². The minimum Gasteiger partial charge on any atom is -0.322 e. The van der Waals surface area contributed by atoms with E-state index in [1.165, 1.54) is 0 Å². The van der Waals surface area contributed by atoms with Gasteiger partial charge in [-0.05, 0) is 36.4 Å². The van der Waals surface area contributed by atoms with Crippen LogP contribution in [0.2, 0.25) is 0 Å². The van der Waals surface area contributed by atoms with Gasteiger partial charge in [0.05, 0.1) is 5.56 Å². The van der Waals surface area contributed by atoms with E-state index in [0.717, 1.165) is 26.6 Å². The number of anilines is 1. The van der Waals surface area contributed by atoms with Crippen LogP contribution in [0.15, 0.2) is 103 Å². The third kappa shape index (κ3) is 7.51. The fourth-order valence-electron chi connectivity index (χ4n) is 2.85. The van der Waals surface area contributed by atoms with Crippen molar-refractivity contribution in [2.24, 2.45) is 0 Å². The van der Waals surface area contributed by atoms with Crippen LogP contribution in [-0.2, 0) is 0 Å². The Morgan fingerprint density at radius 2 is 1.03 bits per heavy atom. The first-order valence-electron chi connectivity index (χ1n) is 9.37. The molecule has 8 heteroatoms. The highest BCUT2D eigenvalue weighted by Crippen LogP contribution is 2.34. The monoisotopic (exact) mass is 467 g/mol. The van der Waals surface area contributed by atoms with E-state index >= 15 is 0 Å². The Labute approximate surface area is 191 Å². The zero-order chi connectivity index (χ0) is 23.0. The summed E-state index contributed by atoms with van der Waals surface area (Å²) in [4.78, 5) is 15.0. The summed E-state index contributed by atoms with van der Waals surface area (Å²) in [6.07, 6.45) is 0. The van der Waals surface area contributed by atoms with Gasteiger partial charge in [0, 0.05) is 28.9 Å². The van der Waals surface area contributed by atoms with Gasteiger partial charge in [0.25, 0.3) is 5.91 Å². The Bertz CT molecular complexity index is 1090. The number of amides is 1. The standard InChI is InChI=1S/C24H17NOS.ClHO4/c26-24(25-21-14-8-3-9-15-21)20-16-22(18-10-4-1-5-11-18)27-23(17-20)19-12-6-2-7-13-19;2-1(3,4)5/h1-17H;(H,2,3,4,5). The molecule has 0 saturated heterocycles. The predicted octanol–water partition coefficient (Wildman–Crippen LogP) is 1.86. The molecule has 0 fully saturated rings. The van der Waals surface area contributed by atoms with E-state index in [9.17, 15) is 4.79 Å². The van der Waals surface area contributed by atoms with Gasteiger partial charge in [-0.15, -0.1) is 10.2 Å². The lowest BCUT2D eigenvalue weighted by atomic mass is 10.1. The van der Waals surface area contributed by atoms with E-state index < -0.39 is 10.2 Å². The second-order valence-corrected chi connectivity index (χ2v) is 8.34. The van der Waals surface area contributed by atoms with Gasteiger partial charge in [-0.3, -0.25) is 4.79 Å². The van der Waals surface area contributed by atoms with Gasteiger partial charge in [-0.25, -0.2) is 18.6 Å². The van der Waals surface area contributed by atoms with Gasteiger partial charge in [0.1, 0.15) is 0 Å². The van der Waals surface area contributed by atoms with Gasteiger partial charge in [0.15, 0.2) is 0 Å². The van der Waals surface area contributed by atoms with Gasteiger partial charge in [-0.2, -0.15) is 0 Å². The summed E-state index contributed by atoms with van der Waals surface area (Å²) < 4.78 is 34.0. The third-order valence-corrected chi connectivity index (χ3v) is 5.35. The van der Waals surface area contributed by atoms with Crippen LogP contribution in [0.5, 0.6) is 0 Å². The van der Waals surface area contributed by atoms with Crippen LogP contribution < -0.4 is 24.0 Å². The van der Waals surface area contributed by atoms with E-state index in [1.54, 1.807) is 11.3 Å². The lowest BCUT2D eigenvalue weighted by Crippen LogP contribution is -2.68. The number of nitrogens with one attached hydrogen (secondary N) is 1. The van der Waals surface area contributed by atoms with Crippen LogP contribution in [0.1, 0.15) is 10.4 Å². The van der Waals surface area contributed by atoms with Crippen LogP contribution in [0.3, 0.4) is 0 Å². The van der Waals surface area contributed by atoms with Crippen molar-refractivity contribution in [3.8, 4) is 20.9 Å². The molecule has 4 aromatic rings. The average Bonchev–Trinajstić information content (AvgIpc) is 2.79. The van der Waals surface area contributed by atoms with Crippen molar-refractivity contribution in [2.45, 2.75) is 0 Å². The van der Waals surface area contributed by atoms with Crippen molar-refractivity contribution in [1.29, 1.82) is 0 Å². The van der Waals surface area contributed by atoms with Crippen molar-refractivity contribution in [1.82, 2.24) is 0 Å². The van der Waals surface area contributed by atoms with Gasteiger partial charge >= 0.3 is 0 Å². The minimum absolute atomic E-state index is 0.108. The highest BCUT2D eigenvalue weighted by molar-refractivity contribution is 7.18. The first-order valence-corrected chi connectivity index (χ1v) is 11.4. The Morgan fingerprint density at radius 1 is 0.656 bits per heavy atom. The highest BCUT2D eigenvalue weighted by Gasteiger charge is 2.21. The molecule has 0 spiro atoms. The molecule has 1 aromatic heterocycles. The Kier molecular flexibility index (Phi) is 8.02. The largest absolute Gasteiger partial charge is 0.322 e. The maximum absolute atomic E-state index is 12.9. The van der Waals surface area contributed by atoms with Crippen molar-refractivity contribution in [3.05, 3.63) is 109 Å². The molecule has 1 amide bonds. The summed E-state index contributed by atoms with van der Waals surface area (Å²) in [6, 6.07) is 33.8. The van der Waals surface area contributed by atoms with Gasteiger partial charge in [0.2, 0.25) is 21.1 Å². The molecule has 4 rings (SSSR count). The number of hydrogen-bond donors (Lipinski definition) is 1. The quantitative estimate of drug-likeness (QED) is 0.459. The Morgan fingerprint density at radius 3 is 1.44 bits per heavy atom. The van der Waals surface area contributed by atoms with Crippen LogP contribution >= 0.6 is 11.3 Å². The van der Waals surface area contributed by atoms with E-state index in [2.05, 4.69) is 29.6 Å². The Balaban J connectivity index is 0.000000523. The number of rotatable bonds is 4. The topological polar surface area (TPSA) is 121 Å². The molecule has 0 aliphatic carbocycles. The summed E-state index contributed by atoms with van der Waals surface area (Å²) in [5.41, 5.74) is 3.65. The molecule has 0 radical (unpaired) electrons. The SMILES string of the molecule is O=C(Nc1ccccc1)c1cc(-c2ccccc2)[s+]c(-c2ccccc2)c1.[O-][Cl+3]([O-])([O-])[O-]. The summed E-state index contributed by atoms with van der Waals surface area (Å²) in [5, 5.41) is 2.98. The fourth-order valence-corrected chi connectivity index (χ4v) is 3.96. The Hall–Kier alpha value is -3.17. The minimum atomic E-state index is -4.94. The second kappa shape index (κ2) is 10.9. The molecule has 1 heterocycles. The van der Waals surface area contributed by atoms with Gasteiger partial charge < -0.3 is 5.32 Å².